The number of aliphatic hydroxyl groups is 1. The molecule has 5 N–H and O–H groups in total. The number of rotatable bonds is 7. The highest BCUT2D eigenvalue weighted by Crippen LogP contribution is 2.28. The quantitative estimate of drug-likeness (QED) is 0.191. The lowest BCUT2D eigenvalue weighted by atomic mass is 9.92. The fraction of sp³-hybridized carbons (Fsp3) is 0.333. The molecule has 0 saturated carbocycles. The second kappa shape index (κ2) is 9.58. The number of H-pyrrole nitrogens is 1. The third kappa shape index (κ3) is 5.58. The molecule has 0 aliphatic carbocycles. The molecule has 1 aliphatic heterocycles. The molecule has 9 heteroatoms. The van der Waals surface area contributed by atoms with Crippen molar-refractivity contribution in [3.05, 3.63) is 47.8 Å². The molecule has 0 saturated heterocycles. The molecule has 1 aliphatic rings. The zero-order valence-corrected chi connectivity index (χ0v) is 19.4. The minimum absolute atomic E-state index is 0.0993. The van der Waals surface area contributed by atoms with Crippen LogP contribution in [0.1, 0.15) is 32.9 Å². The second-order valence-corrected chi connectivity index (χ2v) is 9.77. The van der Waals surface area contributed by atoms with E-state index in [0.29, 0.717) is 18.1 Å². The molecule has 1 unspecified atom stereocenters. The number of hydrogen-bond donors (Lipinski definition) is 5. The van der Waals surface area contributed by atoms with E-state index >= 15 is 0 Å². The Morgan fingerprint density at radius 3 is 2.77 bits per heavy atom. The van der Waals surface area contributed by atoms with Crippen LogP contribution in [0.25, 0.3) is 5.76 Å². The van der Waals surface area contributed by atoms with Crippen molar-refractivity contribution in [2.75, 3.05) is 17.5 Å². The molecule has 0 bridgehead atoms. The molecule has 3 rings (SSSR count). The topological polar surface area (TPSA) is 102 Å². The Balaban J connectivity index is 1.93. The van der Waals surface area contributed by atoms with Crippen LogP contribution in [0.3, 0.4) is 0 Å². The average Bonchev–Trinajstić information content (AvgIpc) is 3.22. The first-order chi connectivity index (χ1) is 14.3. The number of aliphatic imine (C=N–C) groups is 1. The van der Waals surface area contributed by atoms with Crippen LogP contribution in [0.5, 0.6) is 0 Å². The predicted molar refractivity (Wildman–Crippen MR) is 129 cm³/mol. The monoisotopic (exact) mass is 445 g/mol. The molecule has 30 heavy (non-hydrogen) atoms. The number of benzene rings is 1. The molecule has 0 spiro atoms. The molecular weight excluding hydrogens is 417 g/mol. The Morgan fingerprint density at radius 1 is 1.30 bits per heavy atom. The fourth-order valence-corrected chi connectivity index (χ4v) is 4.18. The van der Waals surface area contributed by atoms with Crippen molar-refractivity contribution in [2.45, 2.75) is 27.2 Å². The van der Waals surface area contributed by atoms with Crippen LogP contribution in [0, 0.1) is 5.41 Å². The maximum absolute atomic E-state index is 13.0. The number of amides is 1. The zero-order valence-electron chi connectivity index (χ0n) is 17.6. The first kappa shape index (κ1) is 22.2. The summed E-state index contributed by atoms with van der Waals surface area (Å²) in [4.78, 5) is 20.6. The molecule has 2 heterocycles. The van der Waals surface area contributed by atoms with Crippen molar-refractivity contribution in [1.82, 2.24) is 15.4 Å². The molecule has 0 radical (unpaired) electrons. The van der Waals surface area contributed by atoms with Gasteiger partial charge in [0.1, 0.15) is 11.4 Å². The highest BCUT2D eigenvalue weighted by Gasteiger charge is 2.26. The minimum atomic E-state index is -0.355. The number of aliphatic hydroxyl groups excluding tert-OH is 1. The number of fused-ring (bicyclic) bond motifs is 1. The summed E-state index contributed by atoms with van der Waals surface area (Å²) < 4.78 is 3.21. The summed E-state index contributed by atoms with van der Waals surface area (Å²) >= 11 is 1.53. The lowest BCUT2D eigenvalue weighted by molar-refractivity contribution is -0.117. The van der Waals surface area contributed by atoms with Gasteiger partial charge in [-0.25, -0.2) is 4.99 Å². The molecule has 1 atom stereocenters. The summed E-state index contributed by atoms with van der Waals surface area (Å²) in [6.45, 7) is 6.88. The Morgan fingerprint density at radius 2 is 2.10 bits per heavy atom. The molecule has 7 nitrogen and oxygen atoms in total. The highest BCUT2D eigenvalue weighted by atomic mass is 32.2. The number of hydrogen-bond acceptors (Lipinski definition) is 6. The van der Waals surface area contributed by atoms with E-state index in [2.05, 4.69) is 45.9 Å². The van der Waals surface area contributed by atoms with Crippen LogP contribution >= 0.6 is 20.7 Å². The van der Waals surface area contributed by atoms with Gasteiger partial charge in [-0.2, -0.15) is 0 Å². The summed E-state index contributed by atoms with van der Waals surface area (Å²) in [5, 5.41) is 18.1. The summed E-state index contributed by atoms with van der Waals surface area (Å²) in [5.41, 5.74) is 2.49. The van der Waals surface area contributed by atoms with Gasteiger partial charge >= 0.3 is 0 Å². The van der Waals surface area contributed by atoms with Gasteiger partial charge in [0.15, 0.2) is 5.76 Å². The molecule has 2 aromatic rings. The number of amidine groups is 1. The van der Waals surface area contributed by atoms with Gasteiger partial charge in [-0.3, -0.25) is 4.79 Å². The van der Waals surface area contributed by atoms with Crippen LogP contribution in [-0.4, -0.2) is 34.6 Å². The van der Waals surface area contributed by atoms with E-state index < -0.39 is 0 Å². The van der Waals surface area contributed by atoms with Crippen molar-refractivity contribution < 1.29 is 9.90 Å². The van der Waals surface area contributed by atoms with Gasteiger partial charge in [0.05, 0.1) is 11.4 Å². The van der Waals surface area contributed by atoms with Crippen molar-refractivity contribution in [3.63, 3.8) is 0 Å². The maximum Gasteiger partial charge on any atom is 0.258 e. The Labute approximate surface area is 183 Å². The predicted octanol–water partition coefficient (Wildman–Crippen LogP) is 4.08. The van der Waals surface area contributed by atoms with Gasteiger partial charge in [-0.15, -0.1) is 0 Å². The van der Waals surface area contributed by atoms with Crippen LogP contribution in [0.4, 0.5) is 11.4 Å². The van der Waals surface area contributed by atoms with E-state index in [9.17, 15) is 9.90 Å². The third-order valence-electron chi connectivity index (χ3n) is 4.48. The minimum Gasteiger partial charge on any atom is -0.505 e. The fourth-order valence-electron chi connectivity index (χ4n) is 2.89. The SMILES string of the molecule is CSNc1ccc2c(c1)PNC(/C(C(=O)NCCC(C)(C)C)=C(\O)c1ccc[nH]1)=N2. The average molecular weight is 446 g/mol. The van der Waals surface area contributed by atoms with E-state index in [1.54, 1.807) is 18.3 Å². The maximum atomic E-state index is 13.0. The van der Waals surface area contributed by atoms with Crippen molar-refractivity contribution in [1.29, 1.82) is 0 Å². The van der Waals surface area contributed by atoms with Crippen LogP contribution in [0.15, 0.2) is 47.1 Å². The van der Waals surface area contributed by atoms with Gasteiger partial charge < -0.3 is 25.2 Å². The van der Waals surface area contributed by atoms with Gasteiger partial charge in [-0.1, -0.05) is 32.7 Å². The summed E-state index contributed by atoms with van der Waals surface area (Å²) in [6.07, 6.45) is 4.49. The molecule has 1 amide bonds. The number of nitrogens with one attached hydrogen (secondary N) is 4. The Bertz CT molecular complexity index is 964. The molecule has 0 fully saturated rings. The number of carbonyl (C=O) groups is 1. The van der Waals surface area contributed by atoms with Crippen molar-refractivity contribution in [3.8, 4) is 0 Å². The Hall–Kier alpha value is -2.44. The van der Waals surface area contributed by atoms with E-state index in [0.717, 1.165) is 23.1 Å². The smallest absolute Gasteiger partial charge is 0.258 e. The number of nitrogens with zero attached hydrogens (tertiary/aromatic N) is 1. The van der Waals surface area contributed by atoms with E-state index in [-0.39, 0.29) is 31.4 Å². The number of carbonyl (C=O) groups excluding carboxylic acids is 1. The van der Waals surface area contributed by atoms with Crippen molar-refractivity contribution >= 4 is 54.9 Å². The molecular formula is C21H28N5O2PS. The molecule has 1 aromatic carbocycles. The van der Waals surface area contributed by atoms with Crippen molar-refractivity contribution in [2.24, 2.45) is 10.4 Å². The normalized spacial score (nSPS) is 15.0. The van der Waals surface area contributed by atoms with Gasteiger partial charge in [0.2, 0.25) is 0 Å². The van der Waals surface area contributed by atoms with E-state index in [1.807, 2.05) is 24.5 Å². The van der Waals surface area contributed by atoms with Gasteiger partial charge in [0, 0.05) is 38.7 Å². The van der Waals surface area contributed by atoms with E-state index in [4.69, 9.17) is 0 Å². The molecule has 1 aromatic heterocycles. The standard InChI is InChI=1S/C21H28N5O2PS/c1-21(2,3)9-11-23-20(28)17(18(27)15-6-5-10-22-15)19-24-14-8-7-13(26-30-4)12-16(14)29-25-19/h5-8,10,12,22,26-27,29H,9,11H2,1-4H3,(H,23,28)(H,24,25)/b18-17+. The number of anilines is 1. The zero-order chi connectivity index (χ0) is 21.7. The van der Waals surface area contributed by atoms with Crippen LogP contribution in [-0.2, 0) is 4.79 Å². The van der Waals surface area contributed by atoms with Gasteiger partial charge in [-0.05, 0) is 42.2 Å². The van der Waals surface area contributed by atoms with E-state index in [1.165, 1.54) is 11.9 Å². The lowest BCUT2D eigenvalue weighted by Crippen LogP contribution is -2.36. The first-order valence-electron chi connectivity index (χ1n) is 9.68. The summed E-state index contributed by atoms with van der Waals surface area (Å²) in [5.74, 6) is -0.119. The summed E-state index contributed by atoms with van der Waals surface area (Å²) in [7, 11) is 0.225. The second-order valence-electron chi connectivity index (χ2n) is 8.12. The van der Waals surface area contributed by atoms with Gasteiger partial charge in [0.25, 0.3) is 5.91 Å². The lowest BCUT2D eigenvalue weighted by Gasteiger charge is -2.22. The van der Waals surface area contributed by atoms with Crippen LogP contribution < -0.4 is 20.4 Å². The largest absolute Gasteiger partial charge is 0.505 e. The first-order valence-corrected chi connectivity index (χ1v) is 11.9. The molecule has 160 valence electrons. The third-order valence-corrected chi connectivity index (χ3v) is 5.95. The Kier molecular flexibility index (Phi) is 7.10. The number of aromatic nitrogens is 1. The highest BCUT2D eigenvalue weighted by molar-refractivity contribution is 7.99. The summed E-state index contributed by atoms with van der Waals surface area (Å²) in [6, 6.07) is 9.40. The number of aromatic amines is 1. The van der Waals surface area contributed by atoms with Crippen LogP contribution in [0.2, 0.25) is 0 Å².